The zero-order valence-corrected chi connectivity index (χ0v) is 14.4. The number of amides is 1. The molecule has 0 radical (unpaired) electrons. The van der Waals surface area contributed by atoms with Gasteiger partial charge in [-0.2, -0.15) is 0 Å². The maximum absolute atomic E-state index is 12.9. The maximum Gasteiger partial charge on any atom is 0.323 e. The highest BCUT2D eigenvalue weighted by molar-refractivity contribution is 5.84. The molecule has 1 aromatic heterocycles. The van der Waals surface area contributed by atoms with Gasteiger partial charge in [-0.05, 0) is 25.0 Å². The Bertz CT molecular complexity index is 768. The van der Waals surface area contributed by atoms with E-state index < -0.39 is 11.9 Å². The van der Waals surface area contributed by atoms with Crippen molar-refractivity contribution >= 4 is 17.6 Å². The fourth-order valence-corrected chi connectivity index (χ4v) is 2.76. The highest BCUT2D eigenvalue weighted by Crippen LogP contribution is 2.29. The summed E-state index contributed by atoms with van der Waals surface area (Å²) in [5.41, 5.74) is 0.939. The van der Waals surface area contributed by atoms with Gasteiger partial charge in [-0.15, -0.1) is 0 Å². The number of benzene rings is 1. The number of carboxylic acid groups (broad SMARTS) is 1. The molecular formula is C17H20N4O5. The third-order valence-electron chi connectivity index (χ3n) is 4.27. The third-order valence-corrected chi connectivity index (χ3v) is 4.27. The summed E-state index contributed by atoms with van der Waals surface area (Å²) in [6.45, 7) is -0.282. The van der Waals surface area contributed by atoms with Gasteiger partial charge in [-0.25, -0.2) is 0 Å². The summed E-state index contributed by atoms with van der Waals surface area (Å²) in [5, 5.41) is 24.5. The maximum atomic E-state index is 12.9. The van der Waals surface area contributed by atoms with Crippen molar-refractivity contribution in [2.75, 3.05) is 18.0 Å². The lowest BCUT2D eigenvalue weighted by atomic mass is 10.2. The number of aryl methyl sites for hydroxylation is 1. The fourth-order valence-electron chi connectivity index (χ4n) is 2.76. The number of carbonyl (C=O) groups is 2. The Morgan fingerprint density at radius 1 is 1.31 bits per heavy atom. The molecule has 1 saturated carbocycles. The molecule has 2 aromatic rings. The van der Waals surface area contributed by atoms with Crippen LogP contribution < -0.4 is 14.7 Å². The molecule has 0 unspecified atom stereocenters. The monoisotopic (exact) mass is 360 g/mol. The molecule has 0 aliphatic heterocycles. The Labute approximate surface area is 150 Å². The van der Waals surface area contributed by atoms with Crippen molar-refractivity contribution in [2.24, 2.45) is 7.05 Å². The van der Waals surface area contributed by atoms with Gasteiger partial charge < -0.3 is 24.5 Å². The molecule has 0 saturated heterocycles. The van der Waals surface area contributed by atoms with Crippen molar-refractivity contribution < 1.29 is 29.0 Å². The van der Waals surface area contributed by atoms with Crippen LogP contribution in [0.4, 0.5) is 5.69 Å². The molecule has 9 nitrogen and oxygen atoms in total. The van der Waals surface area contributed by atoms with E-state index in [2.05, 4.69) is 9.79 Å². The summed E-state index contributed by atoms with van der Waals surface area (Å²) >= 11 is 0. The van der Waals surface area contributed by atoms with Crippen molar-refractivity contribution in [2.45, 2.75) is 25.4 Å². The van der Waals surface area contributed by atoms with E-state index in [1.54, 1.807) is 36.2 Å². The standard InChI is InChI=1S/C17H20N4O5/c1-19-14(17(25)26-18-19)9-21(13-7-8-13)15(22)10-20(11-16(23)24)12-5-3-2-4-6-12/h2-6,13H,7-11H2,1H3,(H-,18,23,24,25). The molecule has 0 atom stereocenters. The highest BCUT2D eigenvalue weighted by Gasteiger charge is 2.35. The summed E-state index contributed by atoms with van der Waals surface area (Å²) in [6.07, 6.45) is 1.72. The lowest BCUT2D eigenvalue weighted by Gasteiger charge is -2.27. The molecule has 0 spiro atoms. The van der Waals surface area contributed by atoms with Crippen LogP contribution in [0.5, 0.6) is 5.95 Å². The number of aliphatic carboxylic acids is 1. The van der Waals surface area contributed by atoms with Crippen molar-refractivity contribution in [3.8, 4) is 5.95 Å². The minimum atomic E-state index is -1.02. The molecule has 3 rings (SSSR count). The number of hydrogen-bond donors (Lipinski definition) is 1. The first-order valence-corrected chi connectivity index (χ1v) is 8.29. The predicted molar refractivity (Wildman–Crippen MR) is 87.0 cm³/mol. The zero-order valence-electron chi connectivity index (χ0n) is 14.4. The van der Waals surface area contributed by atoms with E-state index in [-0.39, 0.29) is 37.3 Å². The average Bonchev–Trinajstić information content (AvgIpc) is 3.40. The van der Waals surface area contributed by atoms with E-state index in [1.807, 2.05) is 6.07 Å². The molecule has 0 bridgehead atoms. The van der Waals surface area contributed by atoms with Crippen molar-refractivity contribution in [1.29, 1.82) is 0 Å². The van der Waals surface area contributed by atoms with Gasteiger partial charge in [-0.1, -0.05) is 22.9 Å². The van der Waals surface area contributed by atoms with Crippen LogP contribution in [0.25, 0.3) is 0 Å². The third kappa shape index (κ3) is 4.11. The van der Waals surface area contributed by atoms with E-state index in [1.165, 1.54) is 9.58 Å². The van der Waals surface area contributed by atoms with Crippen molar-refractivity contribution in [3.63, 3.8) is 0 Å². The van der Waals surface area contributed by atoms with Gasteiger partial charge in [0.25, 0.3) is 5.69 Å². The van der Waals surface area contributed by atoms with Gasteiger partial charge in [0.2, 0.25) is 5.91 Å². The second-order valence-electron chi connectivity index (χ2n) is 6.27. The van der Waals surface area contributed by atoms with Crippen LogP contribution in [0.1, 0.15) is 18.5 Å². The van der Waals surface area contributed by atoms with Gasteiger partial charge in [0.05, 0.1) is 11.8 Å². The van der Waals surface area contributed by atoms with Gasteiger partial charge in [0.15, 0.2) is 13.0 Å². The van der Waals surface area contributed by atoms with E-state index in [0.717, 1.165) is 12.8 Å². The minimum absolute atomic E-state index is 0.0549. The average molecular weight is 360 g/mol. The van der Waals surface area contributed by atoms with Crippen molar-refractivity contribution in [1.82, 2.24) is 10.2 Å². The molecule has 26 heavy (non-hydrogen) atoms. The first-order chi connectivity index (χ1) is 12.5. The van der Waals surface area contributed by atoms with Gasteiger partial charge in [-0.3, -0.25) is 9.59 Å². The summed E-state index contributed by atoms with van der Waals surface area (Å²) in [4.78, 5) is 27.2. The van der Waals surface area contributed by atoms with E-state index in [9.17, 15) is 14.7 Å². The largest absolute Gasteiger partial charge is 0.539 e. The lowest BCUT2D eigenvalue weighted by Crippen LogP contribution is -2.45. The highest BCUT2D eigenvalue weighted by atomic mass is 16.6. The molecule has 1 aliphatic rings. The number of para-hydroxylation sites is 1. The zero-order chi connectivity index (χ0) is 18.7. The quantitative estimate of drug-likeness (QED) is 0.640. The van der Waals surface area contributed by atoms with Crippen LogP contribution in [-0.4, -0.2) is 46.3 Å². The second-order valence-corrected chi connectivity index (χ2v) is 6.27. The number of carboxylic acids is 1. The molecule has 1 aliphatic carbocycles. The number of carbonyl (C=O) groups excluding carboxylic acids is 1. The van der Waals surface area contributed by atoms with Gasteiger partial charge in [0, 0.05) is 11.7 Å². The van der Waals surface area contributed by atoms with Crippen LogP contribution in [0.3, 0.4) is 0 Å². The summed E-state index contributed by atoms with van der Waals surface area (Å²) in [6, 6.07) is 8.96. The molecule has 1 heterocycles. The number of aromatic nitrogens is 2. The number of hydrogen-bond acceptors (Lipinski definition) is 6. The SMILES string of the molecule is C[n+]1noc([O-])c1CN(C(=O)CN(CC(=O)O)c1ccccc1)C1CC1. The van der Waals surface area contributed by atoms with Crippen LogP contribution in [0.2, 0.25) is 0 Å². The van der Waals surface area contributed by atoms with Crippen molar-refractivity contribution in [3.05, 3.63) is 36.0 Å². The molecule has 9 heteroatoms. The normalized spacial score (nSPS) is 13.4. The molecule has 1 fully saturated rings. The number of rotatable bonds is 8. The predicted octanol–water partition coefficient (Wildman–Crippen LogP) is -0.345. The minimum Gasteiger partial charge on any atom is -0.539 e. The topological polar surface area (TPSA) is 114 Å². The first kappa shape index (κ1) is 17.7. The van der Waals surface area contributed by atoms with Gasteiger partial charge in [0.1, 0.15) is 13.1 Å². The lowest BCUT2D eigenvalue weighted by molar-refractivity contribution is -0.747. The fraction of sp³-hybridized carbons (Fsp3) is 0.412. The van der Waals surface area contributed by atoms with Crippen LogP contribution in [0.15, 0.2) is 34.9 Å². The second kappa shape index (κ2) is 7.42. The summed E-state index contributed by atoms with van der Waals surface area (Å²) < 4.78 is 5.93. The van der Waals surface area contributed by atoms with E-state index in [0.29, 0.717) is 5.69 Å². The smallest absolute Gasteiger partial charge is 0.323 e. The van der Waals surface area contributed by atoms with Crippen LogP contribution >= 0.6 is 0 Å². The molecule has 1 aromatic carbocycles. The van der Waals surface area contributed by atoms with E-state index in [4.69, 9.17) is 5.11 Å². The summed E-state index contributed by atoms with van der Waals surface area (Å²) in [7, 11) is 1.58. The molecule has 1 amide bonds. The molecular weight excluding hydrogens is 340 g/mol. The molecule has 1 N–H and O–H groups in total. The summed E-state index contributed by atoms with van der Waals surface area (Å²) in [5.74, 6) is -1.83. The number of nitrogens with zero attached hydrogens (tertiary/aromatic N) is 4. The molecule has 138 valence electrons. The van der Waals surface area contributed by atoms with E-state index >= 15 is 0 Å². The van der Waals surface area contributed by atoms with Gasteiger partial charge >= 0.3 is 5.97 Å². The number of anilines is 1. The Hall–Kier alpha value is -3.10. The Kier molecular flexibility index (Phi) is 5.06. The van der Waals surface area contributed by atoms with Crippen LogP contribution in [0, 0.1) is 0 Å². The Morgan fingerprint density at radius 3 is 2.54 bits per heavy atom. The Balaban J connectivity index is 1.76. The Morgan fingerprint density at radius 2 is 2.00 bits per heavy atom. The first-order valence-electron chi connectivity index (χ1n) is 8.29. The van der Waals surface area contributed by atoms with Crippen LogP contribution in [-0.2, 0) is 23.2 Å².